The summed E-state index contributed by atoms with van der Waals surface area (Å²) in [4.78, 5) is 16.3. The van der Waals surface area contributed by atoms with Gasteiger partial charge in [-0.15, -0.1) is 0 Å². The molecule has 0 heterocycles. The summed E-state index contributed by atoms with van der Waals surface area (Å²) in [5.74, 6) is 0.528. The van der Waals surface area contributed by atoms with Crippen molar-refractivity contribution in [1.29, 1.82) is 0 Å². The lowest BCUT2D eigenvalue weighted by Gasteiger charge is -2.19. The van der Waals surface area contributed by atoms with E-state index in [1.807, 2.05) is 6.07 Å². The maximum absolute atomic E-state index is 11.2. The zero-order chi connectivity index (χ0) is 12.2. The van der Waals surface area contributed by atoms with Crippen molar-refractivity contribution in [3.05, 3.63) is 28.7 Å². The minimum Gasteiger partial charge on any atom is -0.442 e. The average molecular weight is 288 g/mol. The van der Waals surface area contributed by atoms with Crippen LogP contribution in [0.3, 0.4) is 0 Å². The lowest BCUT2D eigenvalue weighted by atomic mass is 10.2. The van der Waals surface area contributed by atoms with Crippen LogP contribution in [0, 0.1) is 0 Å². The molecule has 16 heavy (non-hydrogen) atoms. The molecule has 0 aliphatic rings. The molecule has 0 saturated carbocycles. The highest BCUT2D eigenvalue weighted by Crippen LogP contribution is 2.17. The minimum absolute atomic E-state index is 0.528. The van der Waals surface area contributed by atoms with Crippen molar-refractivity contribution in [2.75, 3.05) is 0 Å². The van der Waals surface area contributed by atoms with Crippen LogP contribution in [-0.4, -0.2) is 11.7 Å². The molecule has 0 radical (unpaired) electrons. The van der Waals surface area contributed by atoms with E-state index in [1.165, 1.54) is 0 Å². The maximum Gasteiger partial charge on any atom is 0.441 e. The first kappa shape index (κ1) is 12.8. The van der Waals surface area contributed by atoms with Crippen molar-refractivity contribution < 1.29 is 14.4 Å². The number of hydroxylamine groups is 1. The van der Waals surface area contributed by atoms with E-state index in [0.29, 0.717) is 5.75 Å². The number of carbonyl (C=O) groups excluding carboxylic acids is 1. The van der Waals surface area contributed by atoms with Gasteiger partial charge in [0.15, 0.2) is 5.75 Å². The van der Waals surface area contributed by atoms with Crippen LogP contribution in [0.5, 0.6) is 5.75 Å². The number of hydrogen-bond acceptors (Lipinski definition) is 3. The SMILES string of the molecule is CC(C)(C)OC(=O)NOc1cccc(Br)c1. The number of rotatable bonds is 2. The Balaban J connectivity index is 2.43. The number of ether oxygens (including phenoxy) is 1. The van der Waals surface area contributed by atoms with Crippen molar-refractivity contribution in [3.8, 4) is 5.75 Å². The van der Waals surface area contributed by atoms with E-state index in [1.54, 1.807) is 39.0 Å². The summed E-state index contributed by atoms with van der Waals surface area (Å²) in [5.41, 5.74) is 1.66. The lowest BCUT2D eigenvalue weighted by Crippen LogP contribution is -2.34. The summed E-state index contributed by atoms with van der Waals surface area (Å²) < 4.78 is 5.87. The van der Waals surface area contributed by atoms with E-state index >= 15 is 0 Å². The molecule has 0 unspecified atom stereocenters. The summed E-state index contributed by atoms with van der Waals surface area (Å²) in [7, 11) is 0. The highest BCUT2D eigenvalue weighted by Gasteiger charge is 2.16. The summed E-state index contributed by atoms with van der Waals surface area (Å²) in [6.45, 7) is 5.35. The van der Waals surface area contributed by atoms with E-state index in [4.69, 9.17) is 9.57 Å². The van der Waals surface area contributed by atoms with Crippen molar-refractivity contribution >= 4 is 22.0 Å². The molecule has 1 amide bonds. The molecule has 0 fully saturated rings. The van der Waals surface area contributed by atoms with Gasteiger partial charge in [-0.25, -0.2) is 4.79 Å². The summed E-state index contributed by atoms with van der Waals surface area (Å²) in [6, 6.07) is 7.12. The van der Waals surface area contributed by atoms with Crippen LogP contribution < -0.4 is 10.3 Å². The molecule has 0 aliphatic heterocycles. The molecule has 0 saturated heterocycles. The van der Waals surface area contributed by atoms with Gasteiger partial charge in [0.2, 0.25) is 0 Å². The van der Waals surface area contributed by atoms with Gasteiger partial charge >= 0.3 is 6.09 Å². The fourth-order valence-corrected chi connectivity index (χ4v) is 1.31. The Morgan fingerprint density at radius 1 is 1.38 bits per heavy atom. The number of benzene rings is 1. The standard InChI is InChI=1S/C11H14BrNO3/c1-11(2,3)15-10(14)13-16-9-6-4-5-8(12)7-9/h4-7H,1-3H3,(H,13,14). The lowest BCUT2D eigenvalue weighted by molar-refractivity contribution is 0.0287. The molecular formula is C11H14BrNO3. The minimum atomic E-state index is -0.618. The van der Waals surface area contributed by atoms with E-state index in [-0.39, 0.29) is 0 Å². The second kappa shape index (κ2) is 5.21. The van der Waals surface area contributed by atoms with E-state index in [0.717, 1.165) is 4.47 Å². The molecule has 4 nitrogen and oxygen atoms in total. The Morgan fingerprint density at radius 3 is 2.62 bits per heavy atom. The molecule has 0 aromatic heterocycles. The fourth-order valence-electron chi connectivity index (χ4n) is 0.930. The normalized spacial score (nSPS) is 10.8. The first-order chi connectivity index (χ1) is 7.37. The van der Waals surface area contributed by atoms with Crippen LogP contribution in [0.15, 0.2) is 28.7 Å². The van der Waals surface area contributed by atoms with Gasteiger partial charge in [0.05, 0.1) is 0 Å². The van der Waals surface area contributed by atoms with E-state index in [9.17, 15) is 4.79 Å². The highest BCUT2D eigenvalue weighted by molar-refractivity contribution is 9.10. The first-order valence-electron chi connectivity index (χ1n) is 4.78. The van der Waals surface area contributed by atoms with Gasteiger partial charge < -0.3 is 9.57 Å². The van der Waals surface area contributed by atoms with Gasteiger partial charge in [-0.3, -0.25) is 0 Å². The number of hydrogen-bond donors (Lipinski definition) is 1. The Bertz CT molecular complexity index is 374. The summed E-state index contributed by atoms with van der Waals surface area (Å²) in [5, 5.41) is 0. The third-order valence-electron chi connectivity index (χ3n) is 1.45. The molecule has 1 aromatic rings. The van der Waals surface area contributed by atoms with Crippen LogP contribution in [0.2, 0.25) is 0 Å². The van der Waals surface area contributed by atoms with Gasteiger partial charge in [0.1, 0.15) is 5.60 Å². The van der Waals surface area contributed by atoms with Crippen LogP contribution >= 0.6 is 15.9 Å². The monoisotopic (exact) mass is 287 g/mol. The molecule has 0 aliphatic carbocycles. The molecule has 1 N–H and O–H groups in total. The van der Waals surface area contributed by atoms with Crippen molar-refractivity contribution in [2.24, 2.45) is 0 Å². The molecule has 88 valence electrons. The van der Waals surface area contributed by atoms with E-state index < -0.39 is 11.7 Å². The second-order valence-corrected chi connectivity index (χ2v) is 5.08. The van der Waals surface area contributed by atoms with Crippen LogP contribution in [0.4, 0.5) is 4.79 Å². The second-order valence-electron chi connectivity index (χ2n) is 4.16. The zero-order valence-electron chi connectivity index (χ0n) is 9.41. The molecule has 0 bridgehead atoms. The maximum atomic E-state index is 11.2. The largest absolute Gasteiger partial charge is 0.442 e. The quantitative estimate of drug-likeness (QED) is 0.850. The summed E-state index contributed by atoms with van der Waals surface area (Å²) >= 11 is 3.29. The van der Waals surface area contributed by atoms with Crippen molar-refractivity contribution in [3.63, 3.8) is 0 Å². The van der Waals surface area contributed by atoms with Gasteiger partial charge in [-0.2, -0.15) is 5.48 Å². The predicted molar refractivity (Wildman–Crippen MR) is 64.1 cm³/mol. The fraction of sp³-hybridized carbons (Fsp3) is 0.364. The van der Waals surface area contributed by atoms with E-state index in [2.05, 4.69) is 21.4 Å². The molecule has 1 aromatic carbocycles. The third-order valence-corrected chi connectivity index (χ3v) is 1.94. The Kier molecular flexibility index (Phi) is 4.18. The number of carbonyl (C=O) groups is 1. The number of nitrogens with one attached hydrogen (secondary N) is 1. The molecule has 1 rings (SSSR count). The molecule has 0 spiro atoms. The number of amides is 1. The Hall–Kier alpha value is -1.23. The predicted octanol–water partition coefficient (Wildman–Crippen LogP) is 3.27. The third kappa shape index (κ3) is 5.02. The molecule has 5 heteroatoms. The van der Waals surface area contributed by atoms with Crippen LogP contribution in [-0.2, 0) is 4.74 Å². The highest BCUT2D eigenvalue weighted by atomic mass is 79.9. The zero-order valence-corrected chi connectivity index (χ0v) is 11.0. The van der Waals surface area contributed by atoms with Gasteiger partial charge in [0.25, 0.3) is 0 Å². The Morgan fingerprint density at radius 2 is 2.06 bits per heavy atom. The molecule has 0 atom stereocenters. The topological polar surface area (TPSA) is 47.6 Å². The first-order valence-corrected chi connectivity index (χ1v) is 5.57. The van der Waals surface area contributed by atoms with Gasteiger partial charge in [0, 0.05) is 4.47 Å². The smallest absolute Gasteiger partial charge is 0.441 e. The number of halogens is 1. The van der Waals surface area contributed by atoms with Crippen molar-refractivity contribution in [2.45, 2.75) is 26.4 Å². The van der Waals surface area contributed by atoms with Gasteiger partial charge in [-0.1, -0.05) is 22.0 Å². The van der Waals surface area contributed by atoms with Crippen molar-refractivity contribution in [1.82, 2.24) is 5.48 Å². The van der Waals surface area contributed by atoms with Crippen LogP contribution in [0.1, 0.15) is 20.8 Å². The van der Waals surface area contributed by atoms with Gasteiger partial charge in [-0.05, 0) is 39.0 Å². The Labute approximate surface area is 103 Å². The average Bonchev–Trinajstić information content (AvgIpc) is 2.12. The summed E-state index contributed by atoms with van der Waals surface area (Å²) in [6.07, 6.45) is -0.618. The molecular weight excluding hydrogens is 274 g/mol. The van der Waals surface area contributed by atoms with Crippen LogP contribution in [0.25, 0.3) is 0 Å².